The maximum atomic E-state index is 4.36. The van der Waals surface area contributed by atoms with Crippen molar-refractivity contribution in [3.05, 3.63) is 52.1 Å². The van der Waals surface area contributed by atoms with Crippen LogP contribution in [0.15, 0.2) is 51.5 Å². The molecule has 2 heterocycles. The smallest absolute Gasteiger partial charge is 0.118 e. The third-order valence-electron chi connectivity index (χ3n) is 2.50. The molecule has 90 valence electrons. The van der Waals surface area contributed by atoms with Gasteiger partial charge in [0.25, 0.3) is 0 Å². The van der Waals surface area contributed by atoms with E-state index in [-0.39, 0.29) is 0 Å². The van der Waals surface area contributed by atoms with Crippen LogP contribution >= 0.6 is 39.0 Å². The molecule has 2 aromatic heterocycles. The number of thiophene rings is 1. The SMILES string of the molecule is Brc1ccc(CSc2ncnc3ccsc23)cc1. The van der Waals surface area contributed by atoms with Gasteiger partial charge in [0, 0.05) is 10.2 Å². The van der Waals surface area contributed by atoms with Gasteiger partial charge >= 0.3 is 0 Å². The number of halogens is 1. The summed E-state index contributed by atoms with van der Waals surface area (Å²) in [6.07, 6.45) is 1.64. The molecule has 5 heteroatoms. The van der Waals surface area contributed by atoms with Gasteiger partial charge in [-0.2, -0.15) is 0 Å². The molecule has 0 saturated carbocycles. The standard InChI is InChI=1S/C13H9BrN2S2/c14-10-3-1-9(2-4-10)7-18-13-12-11(5-6-17-12)15-8-16-13/h1-6,8H,7H2. The van der Waals surface area contributed by atoms with Crippen molar-refractivity contribution in [2.45, 2.75) is 10.8 Å². The van der Waals surface area contributed by atoms with Crippen LogP contribution in [0.2, 0.25) is 0 Å². The summed E-state index contributed by atoms with van der Waals surface area (Å²) >= 11 is 6.90. The van der Waals surface area contributed by atoms with Gasteiger partial charge in [-0.25, -0.2) is 9.97 Å². The highest BCUT2D eigenvalue weighted by Gasteiger charge is 2.05. The maximum Gasteiger partial charge on any atom is 0.118 e. The Morgan fingerprint density at radius 2 is 1.94 bits per heavy atom. The summed E-state index contributed by atoms with van der Waals surface area (Å²) < 4.78 is 2.29. The van der Waals surface area contributed by atoms with E-state index in [9.17, 15) is 0 Å². The normalized spacial score (nSPS) is 10.9. The van der Waals surface area contributed by atoms with Crippen molar-refractivity contribution >= 4 is 49.2 Å². The molecule has 0 fully saturated rings. The molecule has 3 aromatic rings. The second kappa shape index (κ2) is 5.38. The number of hydrogen-bond donors (Lipinski definition) is 0. The number of rotatable bonds is 3. The topological polar surface area (TPSA) is 25.8 Å². The molecule has 0 atom stereocenters. The van der Waals surface area contributed by atoms with Crippen molar-refractivity contribution in [3.63, 3.8) is 0 Å². The zero-order valence-electron chi connectivity index (χ0n) is 9.34. The first-order chi connectivity index (χ1) is 8.83. The van der Waals surface area contributed by atoms with E-state index in [1.54, 1.807) is 29.4 Å². The first-order valence-corrected chi connectivity index (χ1v) is 8.04. The van der Waals surface area contributed by atoms with Crippen LogP contribution in [0.3, 0.4) is 0 Å². The van der Waals surface area contributed by atoms with Crippen molar-refractivity contribution in [2.75, 3.05) is 0 Å². The average Bonchev–Trinajstić information content (AvgIpc) is 2.87. The molecule has 18 heavy (non-hydrogen) atoms. The van der Waals surface area contributed by atoms with E-state index in [1.165, 1.54) is 10.3 Å². The zero-order valence-corrected chi connectivity index (χ0v) is 12.6. The molecule has 2 nitrogen and oxygen atoms in total. The molecule has 3 rings (SSSR count). The fraction of sp³-hybridized carbons (Fsp3) is 0.0769. The van der Waals surface area contributed by atoms with E-state index in [1.807, 2.05) is 6.07 Å². The number of fused-ring (bicyclic) bond motifs is 1. The molecule has 0 aliphatic rings. The summed E-state index contributed by atoms with van der Waals surface area (Å²) in [5, 5.41) is 3.13. The van der Waals surface area contributed by atoms with E-state index < -0.39 is 0 Å². The van der Waals surface area contributed by atoms with Crippen LogP contribution in [0.1, 0.15) is 5.56 Å². The van der Waals surface area contributed by atoms with Crippen LogP contribution in [0.4, 0.5) is 0 Å². The van der Waals surface area contributed by atoms with Crippen LogP contribution in [0.25, 0.3) is 10.2 Å². The molecule has 0 aliphatic carbocycles. The molecule has 0 bridgehead atoms. The summed E-state index contributed by atoms with van der Waals surface area (Å²) in [7, 11) is 0. The third kappa shape index (κ3) is 2.58. The van der Waals surface area contributed by atoms with Crippen molar-refractivity contribution in [1.29, 1.82) is 0 Å². The van der Waals surface area contributed by atoms with Gasteiger partial charge < -0.3 is 0 Å². The lowest BCUT2D eigenvalue weighted by Crippen LogP contribution is -1.85. The quantitative estimate of drug-likeness (QED) is 0.510. The summed E-state index contributed by atoms with van der Waals surface area (Å²) in [6, 6.07) is 10.4. The zero-order chi connectivity index (χ0) is 12.4. The fourth-order valence-electron chi connectivity index (χ4n) is 1.60. The van der Waals surface area contributed by atoms with Crippen molar-refractivity contribution in [2.24, 2.45) is 0 Å². The molecule has 0 radical (unpaired) electrons. The minimum Gasteiger partial charge on any atom is -0.235 e. The van der Waals surface area contributed by atoms with Gasteiger partial charge in [-0.05, 0) is 29.1 Å². The summed E-state index contributed by atoms with van der Waals surface area (Å²) in [5.41, 5.74) is 2.33. The average molecular weight is 337 g/mol. The Morgan fingerprint density at radius 3 is 2.78 bits per heavy atom. The van der Waals surface area contributed by atoms with E-state index in [4.69, 9.17) is 0 Å². The monoisotopic (exact) mass is 336 g/mol. The largest absolute Gasteiger partial charge is 0.235 e. The minimum atomic E-state index is 0.928. The van der Waals surface area contributed by atoms with Crippen molar-refractivity contribution < 1.29 is 0 Å². The minimum absolute atomic E-state index is 0.928. The first kappa shape index (κ1) is 12.1. The summed E-state index contributed by atoms with van der Waals surface area (Å²) in [6.45, 7) is 0. The van der Waals surface area contributed by atoms with E-state index in [0.717, 1.165) is 20.8 Å². The van der Waals surface area contributed by atoms with Crippen molar-refractivity contribution in [3.8, 4) is 0 Å². The van der Waals surface area contributed by atoms with E-state index >= 15 is 0 Å². The second-order valence-corrected chi connectivity index (χ2v) is 6.52. The van der Waals surface area contributed by atoms with Crippen LogP contribution in [-0.4, -0.2) is 9.97 Å². The lowest BCUT2D eigenvalue weighted by atomic mass is 10.2. The van der Waals surface area contributed by atoms with Gasteiger partial charge in [0.05, 0.1) is 10.2 Å². The Bertz CT molecular complexity index is 664. The van der Waals surface area contributed by atoms with Crippen molar-refractivity contribution in [1.82, 2.24) is 9.97 Å². The highest BCUT2D eigenvalue weighted by molar-refractivity contribution is 9.10. The fourth-order valence-corrected chi connectivity index (χ4v) is 3.77. The highest BCUT2D eigenvalue weighted by atomic mass is 79.9. The lowest BCUT2D eigenvalue weighted by molar-refractivity contribution is 1.11. The molecule has 0 N–H and O–H groups in total. The molecule has 0 amide bonds. The second-order valence-electron chi connectivity index (χ2n) is 3.73. The van der Waals surface area contributed by atoms with Crippen LogP contribution in [0, 0.1) is 0 Å². The molecule has 0 saturated heterocycles. The third-order valence-corrected chi connectivity index (χ3v) is 5.13. The van der Waals surface area contributed by atoms with Gasteiger partial charge in [0.15, 0.2) is 0 Å². The molecule has 0 aliphatic heterocycles. The highest BCUT2D eigenvalue weighted by Crippen LogP contribution is 2.30. The summed E-state index contributed by atoms with van der Waals surface area (Å²) in [5.74, 6) is 0.928. The first-order valence-electron chi connectivity index (χ1n) is 5.38. The molecule has 0 unspecified atom stereocenters. The predicted octanol–water partition coefficient (Wildman–Crippen LogP) is 4.75. The Kier molecular flexibility index (Phi) is 3.63. The Morgan fingerprint density at radius 1 is 1.11 bits per heavy atom. The van der Waals surface area contributed by atoms with E-state index in [0.29, 0.717) is 0 Å². The number of benzene rings is 1. The van der Waals surface area contributed by atoms with Crippen LogP contribution in [-0.2, 0) is 5.75 Å². The van der Waals surface area contributed by atoms with Gasteiger partial charge in [0.1, 0.15) is 11.4 Å². The molecular weight excluding hydrogens is 328 g/mol. The lowest BCUT2D eigenvalue weighted by Gasteiger charge is -2.02. The molecule has 1 aromatic carbocycles. The predicted molar refractivity (Wildman–Crippen MR) is 81.1 cm³/mol. The molecular formula is C13H9BrN2S2. The molecule has 0 spiro atoms. The number of thioether (sulfide) groups is 1. The number of hydrogen-bond acceptors (Lipinski definition) is 4. The number of nitrogens with zero attached hydrogens (tertiary/aromatic N) is 2. The van der Waals surface area contributed by atoms with Gasteiger partial charge in [-0.15, -0.1) is 23.1 Å². The van der Waals surface area contributed by atoms with Gasteiger partial charge in [-0.3, -0.25) is 0 Å². The van der Waals surface area contributed by atoms with Crippen LogP contribution in [0.5, 0.6) is 0 Å². The maximum absolute atomic E-state index is 4.36. The Hall–Kier alpha value is -0.910. The summed E-state index contributed by atoms with van der Waals surface area (Å²) in [4.78, 5) is 8.61. The Balaban J connectivity index is 1.80. The van der Waals surface area contributed by atoms with E-state index in [2.05, 4.69) is 55.5 Å². The Labute approximate surface area is 122 Å². The van der Waals surface area contributed by atoms with Crippen LogP contribution < -0.4 is 0 Å². The van der Waals surface area contributed by atoms with Gasteiger partial charge in [-0.1, -0.05) is 28.1 Å². The number of aromatic nitrogens is 2. The van der Waals surface area contributed by atoms with Gasteiger partial charge in [0.2, 0.25) is 0 Å².